The fourth-order valence-electron chi connectivity index (χ4n) is 2.22. The second-order valence-electron chi connectivity index (χ2n) is 5.45. The lowest BCUT2D eigenvalue weighted by Gasteiger charge is -2.17. The van der Waals surface area contributed by atoms with E-state index in [1.54, 1.807) is 36.5 Å². The first-order chi connectivity index (χ1) is 11.6. The Labute approximate surface area is 140 Å². The van der Waals surface area contributed by atoms with Crippen LogP contribution >= 0.6 is 0 Å². The Hall–Kier alpha value is -2.96. The van der Waals surface area contributed by atoms with Gasteiger partial charge in [-0.05, 0) is 30.2 Å². The summed E-state index contributed by atoms with van der Waals surface area (Å²) in [5, 5.41) is 13.7. The van der Waals surface area contributed by atoms with Gasteiger partial charge in [0.1, 0.15) is 0 Å². The minimum atomic E-state index is -0.430. The van der Waals surface area contributed by atoms with E-state index in [0.29, 0.717) is 25.9 Å². The minimum Gasteiger partial charge on any atom is -0.385 e. The molecule has 0 atom stereocenters. The van der Waals surface area contributed by atoms with Crippen molar-refractivity contribution in [2.45, 2.75) is 19.4 Å². The number of hydrogen-bond acceptors (Lipinski definition) is 5. The number of nitro benzene ring substituents is 1. The Morgan fingerprint density at radius 2 is 2.04 bits per heavy atom. The molecule has 0 saturated heterocycles. The number of aromatic nitrogens is 1. The molecule has 0 unspecified atom stereocenters. The number of non-ortho nitro benzene ring substituents is 1. The van der Waals surface area contributed by atoms with Crippen LogP contribution in [0.15, 0.2) is 48.8 Å². The van der Waals surface area contributed by atoms with Gasteiger partial charge in [-0.2, -0.15) is 0 Å². The Morgan fingerprint density at radius 3 is 2.67 bits per heavy atom. The number of nitrogens with zero attached hydrogens (tertiary/aromatic N) is 3. The molecule has 0 aliphatic rings. The lowest BCUT2D eigenvalue weighted by atomic mass is 10.2. The summed E-state index contributed by atoms with van der Waals surface area (Å²) in [5.74, 6) is 0.0735. The molecule has 24 heavy (non-hydrogen) atoms. The van der Waals surface area contributed by atoms with E-state index in [4.69, 9.17) is 0 Å². The molecule has 1 aromatic heterocycles. The Balaban J connectivity index is 1.69. The molecule has 1 heterocycles. The average Bonchev–Trinajstić information content (AvgIpc) is 2.59. The molecule has 0 saturated carbocycles. The van der Waals surface area contributed by atoms with Crippen LogP contribution in [0.3, 0.4) is 0 Å². The monoisotopic (exact) mass is 328 g/mol. The number of hydrogen-bond donors (Lipinski definition) is 1. The third kappa shape index (κ3) is 5.35. The van der Waals surface area contributed by atoms with Gasteiger partial charge in [-0.3, -0.25) is 19.9 Å². The summed E-state index contributed by atoms with van der Waals surface area (Å²) in [5.41, 5.74) is 1.86. The van der Waals surface area contributed by atoms with Crippen molar-refractivity contribution >= 4 is 17.3 Å². The van der Waals surface area contributed by atoms with Crippen molar-refractivity contribution in [1.82, 2.24) is 9.88 Å². The van der Waals surface area contributed by atoms with E-state index < -0.39 is 4.92 Å². The molecule has 0 aliphatic carbocycles. The van der Waals surface area contributed by atoms with E-state index in [-0.39, 0.29) is 11.6 Å². The van der Waals surface area contributed by atoms with E-state index in [2.05, 4.69) is 10.3 Å². The molecule has 1 amide bonds. The number of nitrogens with one attached hydrogen (secondary N) is 1. The van der Waals surface area contributed by atoms with Crippen LogP contribution < -0.4 is 5.32 Å². The summed E-state index contributed by atoms with van der Waals surface area (Å²) in [6, 6.07) is 10.0. The third-order valence-corrected chi connectivity index (χ3v) is 3.54. The predicted molar refractivity (Wildman–Crippen MR) is 91.5 cm³/mol. The zero-order chi connectivity index (χ0) is 17.4. The number of anilines is 1. The average molecular weight is 328 g/mol. The number of carbonyl (C=O) groups is 1. The number of amides is 1. The number of carbonyl (C=O) groups excluding carboxylic acids is 1. The number of benzene rings is 1. The van der Waals surface area contributed by atoms with Crippen LogP contribution in [0.2, 0.25) is 0 Å². The van der Waals surface area contributed by atoms with Crippen molar-refractivity contribution in [1.29, 1.82) is 0 Å². The molecule has 0 bridgehead atoms. The first-order valence-corrected chi connectivity index (χ1v) is 7.67. The zero-order valence-corrected chi connectivity index (χ0v) is 13.5. The summed E-state index contributed by atoms with van der Waals surface area (Å²) in [6.07, 6.45) is 4.58. The van der Waals surface area contributed by atoms with Gasteiger partial charge in [0, 0.05) is 56.8 Å². The number of rotatable bonds is 8. The molecular formula is C17H20N4O3. The van der Waals surface area contributed by atoms with Gasteiger partial charge in [0.15, 0.2) is 0 Å². The highest BCUT2D eigenvalue weighted by molar-refractivity contribution is 5.75. The Bertz CT molecular complexity index is 674. The van der Waals surface area contributed by atoms with E-state index in [9.17, 15) is 14.9 Å². The first-order valence-electron chi connectivity index (χ1n) is 7.67. The SMILES string of the molecule is CN(Cc1cccnc1)C(=O)CCCNc1ccc([N+](=O)[O-])cc1. The van der Waals surface area contributed by atoms with Gasteiger partial charge in [0.05, 0.1) is 4.92 Å². The van der Waals surface area contributed by atoms with Crippen LogP contribution in [0, 0.1) is 10.1 Å². The van der Waals surface area contributed by atoms with E-state index in [0.717, 1.165) is 11.3 Å². The third-order valence-electron chi connectivity index (χ3n) is 3.54. The molecule has 1 aromatic carbocycles. The highest BCUT2D eigenvalue weighted by Gasteiger charge is 2.09. The smallest absolute Gasteiger partial charge is 0.269 e. The maximum atomic E-state index is 12.1. The molecule has 0 spiro atoms. The lowest BCUT2D eigenvalue weighted by Crippen LogP contribution is -2.26. The fourth-order valence-corrected chi connectivity index (χ4v) is 2.22. The van der Waals surface area contributed by atoms with Crippen LogP contribution in [0.25, 0.3) is 0 Å². The van der Waals surface area contributed by atoms with Gasteiger partial charge in [-0.25, -0.2) is 0 Å². The van der Waals surface area contributed by atoms with Gasteiger partial charge < -0.3 is 10.2 Å². The van der Waals surface area contributed by atoms with Gasteiger partial charge in [0.25, 0.3) is 5.69 Å². The standard InChI is InChI=1S/C17H20N4O3/c1-20(13-14-4-2-10-18-12-14)17(22)5-3-11-19-15-6-8-16(9-7-15)21(23)24/h2,4,6-10,12,19H,3,5,11,13H2,1H3. The second-order valence-corrected chi connectivity index (χ2v) is 5.45. The summed E-state index contributed by atoms with van der Waals surface area (Å²) >= 11 is 0. The molecule has 126 valence electrons. The molecule has 0 aliphatic heterocycles. The van der Waals surface area contributed by atoms with Crippen molar-refractivity contribution in [2.24, 2.45) is 0 Å². The van der Waals surface area contributed by atoms with E-state index in [1.165, 1.54) is 12.1 Å². The van der Waals surface area contributed by atoms with Gasteiger partial charge in [-0.1, -0.05) is 6.07 Å². The van der Waals surface area contributed by atoms with Crippen molar-refractivity contribution in [2.75, 3.05) is 18.9 Å². The normalized spacial score (nSPS) is 10.2. The van der Waals surface area contributed by atoms with Crippen LogP contribution in [0.4, 0.5) is 11.4 Å². The topological polar surface area (TPSA) is 88.4 Å². The second kappa shape index (κ2) is 8.61. The summed E-state index contributed by atoms with van der Waals surface area (Å²) < 4.78 is 0. The Kier molecular flexibility index (Phi) is 6.24. The minimum absolute atomic E-state index is 0.0627. The maximum Gasteiger partial charge on any atom is 0.269 e. The summed E-state index contributed by atoms with van der Waals surface area (Å²) in [4.78, 5) is 27.9. The quantitative estimate of drug-likeness (QED) is 0.457. The summed E-state index contributed by atoms with van der Waals surface area (Å²) in [6.45, 7) is 1.17. The largest absolute Gasteiger partial charge is 0.385 e. The van der Waals surface area contributed by atoms with Crippen LogP contribution in [-0.2, 0) is 11.3 Å². The van der Waals surface area contributed by atoms with Crippen LogP contribution in [0.1, 0.15) is 18.4 Å². The van der Waals surface area contributed by atoms with Gasteiger partial charge in [0.2, 0.25) is 5.91 Å². The van der Waals surface area contributed by atoms with Crippen molar-refractivity contribution in [3.8, 4) is 0 Å². The molecule has 1 N–H and O–H groups in total. The number of pyridine rings is 1. The predicted octanol–water partition coefficient (Wildman–Crippen LogP) is 2.84. The maximum absolute atomic E-state index is 12.1. The van der Waals surface area contributed by atoms with E-state index >= 15 is 0 Å². The lowest BCUT2D eigenvalue weighted by molar-refractivity contribution is -0.384. The van der Waals surface area contributed by atoms with E-state index in [1.807, 2.05) is 12.1 Å². The first kappa shape index (κ1) is 17.4. The van der Waals surface area contributed by atoms with Crippen molar-refractivity contribution < 1.29 is 9.72 Å². The fraction of sp³-hybridized carbons (Fsp3) is 0.294. The highest BCUT2D eigenvalue weighted by atomic mass is 16.6. The molecular weight excluding hydrogens is 308 g/mol. The van der Waals surface area contributed by atoms with Gasteiger partial charge in [-0.15, -0.1) is 0 Å². The Morgan fingerprint density at radius 1 is 1.29 bits per heavy atom. The van der Waals surface area contributed by atoms with Crippen LogP contribution in [0.5, 0.6) is 0 Å². The van der Waals surface area contributed by atoms with Crippen molar-refractivity contribution in [3.63, 3.8) is 0 Å². The zero-order valence-electron chi connectivity index (χ0n) is 13.5. The van der Waals surface area contributed by atoms with Crippen molar-refractivity contribution in [3.05, 3.63) is 64.5 Å². The molecule has 2 rings (SSSR count). The highest BCUT2D eigenvalue weighted by Crippen LogP contribution is 2.15. The van der Waals surface area contributed by atoms with Gasteiger partial charge >= 0.3 is 0 Å². The molecule has 7 nitrogen and oxygen atoms in total. The molecule has 2 aromatic rings. The molecule has 7 heteroatoms. The summed E-state index contributed by atoms with van der Waals surface area (Å²) in [7, 11) is 1.78. The number of nitro groups is 1. The van der Waals surface area contributed by atoms with Crippen LogP contribution in [-0.4, -0.2) is 34.3 Å². The molecule has 0 radical (unpaired) electrons. The molecule has 0 fully saturated rings.